The zero-order chi connectivity index (χ0) is 19.1. The van der Waals surface area contributed by atoms with Crippen molar-refractivity contribution in [2.24, 2.45) is 11.7 Å². The zero-order valence-corrected chi connectivity index (χ0v) is 15.5. The van der Waals surface area contributed by atoms with Crippen molar-refractivity contribution in [2.75, 3.05) is 13.1 Å². The van der Waals surface area contributed by atoms with Crippen LogP contribution < -0.4 is 16.4 Å². The number of urea groups is 1. The first-order valence-electron chi connectivity index (χ1n) is 8.92. The predicted octanol–water partition coefficient (Wildman–Crippen LogP) is 1.01. The quantitative estimate of drug-likeness (QED) is 0.660. The van der Waals surface area contributed by atoms with Crippen LogP contribution in [-0.2, 0) is 15.1 Å². The summed E-state index contributed by atoms with van der Waals surface area (Å²) in [6, 6.07) is 6.84. The Morgan fingerprint density at radius 1 is 1.35 bits per heavy atom. The lowest BCUT2D eigenvalue weighted by Crippen LogP contribution is -2.55. The first-order chi connectivity index (χ1) is 12.2. The highest BCUT2D eigenvalue weighted by atomic mass is 16.2. The van der Waals surface area contributed by atoms with Gasteiger partial charge in [-0.15, -0.1) is 0 Å². The molecule has 1 aromatic carbocycles. The van der Waals surface area contributed by atoms with E-state index < -0.39 is 23.0 Å². The number of amides is 4. The van der Waals surface area contributed by atoms with Crippen LogP contribution in [-0.4, -0.2) is 41.4 Å². The summed E-state index contributed by atoms with van der Waals surface area (Å²) in [5, 5.41) is 5.63. The highest BCUT2D eigenvalue weighted by Gasteiger charge is 2.50. The lowest BCUT2D eigenvalue weighted by atomic mass is 9.91. The van der Waals surface area contributed by atoms with E-state index in [1.165, 1.54) is 0 Å². The molecule has 0 radical (unpaired) electrons. The van der Waals surface area contributed by atoms with Gasteiger partial charge in [-0.05, 0) is 45.1 Å². The Bertz CT molecular complexity index is 744. The van der Waals surface area contributed by atoms with E-state index in [0.717, 1.165) is 23.3 Å². The van der Waals surface area contributed by atoms with Gasteiger partial charge in [0.15, 0.2) is 0 Å². The van der Waals surface area contributed by atoms with Gasteiger partial charge in [-0.1, -0.05) is 29.8 Å². The molecule has 4 N–H and O–H groups in total. The molecular weight excluding hydrogens is 332 g/mol. The van der Waals surface area contributed by atoms with Crippen LogP contribution in [0.25, 0.3) is 0 Å². The van der Waals surface area contributed by atoms with Crippen LogP contribution in [0.4, 0.5) is 4.79 Å². The minimum atomic E-state index is -1.17. The van der Waals surface area contributed by atoms with Crippen LogP contribution in [0.1, 0.15) is 37.8 Å². The number of nitrogens with zero attached hydrogens (tertiary/aromatic N) is 1. The molecule has 1 aliphatic carbocycles. The Kier molecular flexibility index (Phi) is 4.52. The van der Waals surface area contributed by atoms with Crippen LogP contribution >= 0.6 is 0 Å². The third-order valence-electron chi connectivity index (χ3n) is 5.53. The van der Waals surface area contributed by atoms with Gasteiger partial charge in [-0.3, -0.25) is 14.5 Å². The third kappa shape index (κ3) is 3.19. The summed E-state index contributed by atoms with van der Waals surface area (Å²) in [5.41, 5.74) is 5.91. The molecule has 140 valence electrons. The monoisotopic (exact) mass is 358 g/mol. The second-order valence-electron chi connectivity index (χ2n) is 7.76. The minimum absolute atomic E-state index is 0.311. The van der Waals surface area contributed by atoms with Crippen molar-refractivity contribution >= 4 is 17.8 Å². The molecule has 26 heavy (non-hydrogen) atoms. The summed E-state index contributed by atoms with van der Waals surface area (Å²) in [6.45, 7) is 5.53. The number of benzene rings is 1. The number of imide groups is 1. The second-order valence-corrected chi connectivity index (χ2v) is 7.76. The summed E-state index contributed by atoms with van der Waals surface area (Å²) < 4.78 is 0. The Hall–Kier alpha value is -2.41. The van der Waals surface area contributed by atoms with Gasteiger partial charge >= 0.3 is 6.03 Å². The fourth-order valence-electron chi connectivity index (χ4n) is 3.46. The number of nitrogens with two attached hydrogens (primary N) is 1. The van der Waals surface area contributed by atoms with Crippen molar-refractivity contribution in [2.45, 2.75) is 44.7 Å². The highest BCUT2D eigenvalue weighted by molar-refractivity contribution is 6.09. The molecule has 1 aliphatic heterocycles. The lowest BCUT2D eigenvalue weighted by Gasteiger charge is -2.30. The molecule has 7 heteroatoms. The first kappa shape index (κ1) is 18.4. The van der Waals surface area contributed by atoms with Gasteiger partial charge in [0, 0.05) is 6.54 Å². The van der Waals surface area contributed by atoms with E-state index in [2.05, 4.69) is 10.6 Å². The molecule has 1 heterocycles. The van der Waals surface area contributed by atoms with Gasteiger partial charge in [0.25, 0.3) is 5.91 Å². The summed E-state index contributed by atoms with van der Waals surface area (Å²) in [4.78, 5) is 38.6. The maximum Gasteiger partial charge on any atom is 0.325 e. The average Bonchev–Trinajstić information content (AvgIpc) is 3.42. The summed E-state index contributed by atoms with van der Waals surface area (Å²) in [5.74, 6) is -0.443. The maximum atomic E-state index is 12.9. The van der Waals surface area contributed by atoms with Crippen molar-refractivity contribution in [1.29, 1.82) is 0 Å². The number of carbonyl (C=O) groups excluding carboxylic acids is 3. The number of nitrogens with one attached hydrogen (secondary N) is 2. The van der Waals surface area contributed by atoms with E-state index in [1.54, 1.807) is 6.92 Å². The van der Waals surface area contributed by atoms with Gasteiger partial charge in [0.2, 0.25) is 5.91 Å². The van der Waals surface area contributed by atoms with Gasteiger partial charge in [0.05, 0.1) is 5.54 Å². The van der Waals surface area contributed by atoms with E-state index in [0.29, 0.717) is 18.0 Å². The van der Waals surface area contributed by atoms with Gasteiger partial charge in [0.1, 0.15) is 12.1 Å². The van der Waals surface area contributed by atoms with Crippen molar-refractivity contribution in [3.8, 4) is 0 Å². The molecule has 2 fully saturated rings. The van der Waals surface area contributed by atoms with E-state index in [1.807, 2.05) is 38.1 Å². The smallest absolute Gasteiger partial charge is 0.325 e. The number of carbonyl (C=O) groups is 3. The van der Waals surface area contributed by atoms with Crippen LogP contribution in [0, 0.1) is 12.8 Å². The Labute approximate surface area is 153 Å². The fraction of sp³-hybridized carbons (Fsp3) is 0.526. The standard InChI is InChI=1S/C19H26N4O3/c1-12-4-6-14(7-5-12)19(3)16(25)23(17(26)22-19)10-15(24)21-18(2,11-20)13-8-9-13/h4-7,13H,8-11,20H2,1-3H3,(H,21,24)(H,22,26). The Morgan fingerprint density at radius 2 is 1.96 bits per heavy atom. The Balaban J connectivity index is 1.73. The molecule has 2 aliphatic rings. The van der Waals surface area contributed by atoms with Crippen LogP contribution in [0.2, 0.25) is 0 Å². The van der Waals surface area contributed by atoms with Crippen molar-refractivity contribution in [3.63, 3.8) is 0 Å². The summed E-state index contributed by atoms with van der Waals surface area (Å²) in [7, 11) is 0. The van der Waals surface area contributed by atoms with Crippen molar-refractivity contribution in [1.82, 2.24) is 15.5 Å². The third-order valence-corrected chi connectivity index (χ3v) is 5.53. The molecule has 0 aromatic heterocycles. The topological polar surface area (TPSA) is 105 Å². The minimum Gasteiger partial charge on any atom is -0.348 e. The number of aryl methyl sites for hydroxylation is 1. The molecule has 3 rings (SSSR count). The van der Waals surface area contributed by atoms with E-state index in [4.69, 9.17) is 5.73 Å². The van der Waals surface area contributed by atoms with Crippen LogP contribution in [0.5, 0.6) is 0 Å². The molecule has 2 atom stereocenters. The normalized spacial score (nSPS) is 25.0. The molecule has 2 unspecified atom stereocenters. The van der Waals surface area contributed by atoms with E-state index in [9.17, 15) is 14.4 Å². The molecular formula is C19H26N4O3. The molecule has 0 bridgehead atoms. The molecule has 1 saturated heterocycles. The largest absolute Gasteiger partial charge is 0.348 e. The van der Waals surface area contributed by atoms with Gasteiger partial charge in [-0.2, -0.15) is 0 Å². The number of hydrogen-bond acceptors (Lipinski definition) is 4. The predicted molar refractivity (Wildman–Crippen MR) is 97.1 cm³/mol. The van der Waals surface area contributed by atoms with Crippen LogP contribution in [0.3, 0.4) is 0 Å². The highest BCUT2D eigenvalue weighted by Crippen LogP contribution is 2.39. The molecule has 0 spiro atoms. The van der Waals surface area contributed by atoms with E-state index in [-0.39, 0.29) is 12.5 Å². The molecule has 4 amide bonds. The van der Waals surface area contributed by atoms with Gasteiger partial charge < -0.3 is 16.4 Å². The van der Waals surface area contributed by atoms with Gasteiger partial charge in [-0.25, -0.2) is 4.79 Å². The molecule has 1 aromatic rings. The average molecular weight is 358 g/mol. The SMILES string of the molecule is Cc1ccc(C2(C)NC(=O)N(CC(=O)NC(C)(CN)C3CC3)C2=O)cc1. The fourth-order valence-corrected chi connectivity index (χ4v) is 3.46. The zero-order valence-electron chi connectivity index (χ0n) is 15.5. The number of rotatable bonds is 6. The van der Waals surface area contributed by atoms with Crippen LogP contribution in [0.15, 0.2) is 24.3 Å². The van der Waals surface area contributed by atoms with Crippen molar-refractivity contribution < 1.29 is 14.4 Å². The van der Waals surface area contributed by atoms with Crippen molar-refractivity contribution in [3.05, 3.63) is 35.4 Å². The summed E-state index contributed by atoms with van der Waals surface area (Å²) >= 11 is 0. The van der Waals surface area contributed by atoms with E-state index >= 15 is 0 Å². The molecule has 7 nitrogen and oxygen atoms in total. The second kappa shape index (κ2) is 6.39. The lowest BCUT2D eigenvalue weighted by molar-refractivity contribution is -0.135. The summed E-state index contributed by atoms with van der Waals surface area (Å²) in [6.07, 6.45) is 2.06. The maximum absolute atomic E-state index is 12.9. The number of hydrogen-bond donors (Lipinski definition) is 3. The molecule has 1 saturated carbocycles. The Morgan fingerprint density at radius 3 is 2.50 bits per heavy atom. The first-order valence-corrected chi connectivity index (χ1v) is 8.92.